The summed E-state index contributed by atoms with van der Waals surface area (Å²) in [6, 6.07) is 9.99. The van der Waals surface area contributed by atoms with E-state index in [1.54, 1.807) is 36.5 Å². The van der Waals surface area contributed by atoms with E-state index in [0.717, 1.165) is 4.88 Å². The average molecular weight is 321 g/mol. The number of hydrogen-bond acceptors (Lipinski definition) is 4. The topological polar surface area (TPSA) is 63.2 Å². The van der Waals surface area contributed by atoms with Crippen molar-refractivity contribution in [2.75, 3.05) is 11.1 Å². The Morgan fingerprint density at radius 3 is 2.52 bits per heavy atom. The highest BCUT2D eigenvalue weighted by molar-refractivity contribution is 7.91. The van der Waals surface area contributed by atoms with Crippen molar-refractivity contribution in [3.63, 3.8) is 0 Å². The average Bonchev–Trinajstić information content (AvgIpc) is 2.99. The molecule has 0 aliphatic rings. The summed E-state index contributed by atoms with van der Waals surface area (Å²) in [4.78, 5) is 13.0. The van der Waals surface area contributed by atoms with Crippen LogP contribution >= 0.6 is 11.3 Å². The van der Waals surface area contributed by atoms with E-state index < -0.39 is 9.84 Å². The molecule has 1 heterocycles. The molecule has 1 amide bonds. The summed E-state index contributed by atoms with van der Waals surface area (Å²) in [7, 11) is -3.21. The maximum absolute atomic E-state index is 11.7. The van der Waals surface area contributed by atoms with E-state index in [1.807, 2.05) is 17.5 Å². The van der Waals surface area contributed by atoms with Crippen LogP contribution in [0.1, 0.15) is 11.8 Å². The van der Waals surface area contributed by atoms with Gasteiger partial charge in [0.05, 0.1) is 10.6 Å². The van der Waals surface area contributed by atoms with Crippen molar-refractivity contribution in [1.82, 2.24) is 0 Å². The van der Waals surface area contributed by atoms with Gasteiger partial charge in [-0.25, -0.2) is 8.42 Å². The van der Waals surface area contributed by atoms with Gasteiger partial charge in [0.15, 0.2) is 9.84 Å². The summed E-state index contributed by atoms with van der Waals surface area (Å²) in [6.07, 6.45) is 3.18. The van der Waals surface area contributed by atoms with Gasteiger partial charge in [-0.3, -0.25) is 4.79 Å². The first-order valence-electron chi connectivity index (χ1n) is 6.36. The Morgan fingerprint density at radius 1 is 1.24 bits per heavy atom. The maximum atomic E-state index is 11.7. The van der Waals surface area contributed by atoms with Crippen molar-refractivity contribution >= 4 is 38.8 Å². The van der Waals surface area contributed by atoms with Gasteiger partial charge in [0.1, 0.15) is 0 Å². The van der Waals surface area contributed by atoms with Crippen molar-refractivity contribution in [3.05, 3.63) is 52.7 Å². The van der Waals surface area contributed by atoms with Gasteiger partial charge in [-0.05, 0) is 41.8 Å². The Kier molecular flexibility index (Phi) is 4.93. The predicted molar refractivity (Wildman–Crippen MR) is 86.2 cm³/mol. The van der Waals surface area contributed by atoms with Gasteiger partial charge in [0.25, 0.3) is 0 Å². The van der Waals surface area contributed by atoms with Crippen molar-refractivity contribution in [3.8, 4) is 0 Å². The molecule has 1 N–H and O–H groups in total. The Balaban J connectivity index is 2.02. The third-order valence-corrected chi connectivity index (χ3v) is 5.39. The van der Waals surface area contributed by atoms with E-state index in [2.05, 4.69) is 5.32 Å². The number of benzene rings is 1. The fourth-order valence-electron chi connectivity index (χ4n) is 1.64. The van der Waals surface area contributed by atoms with Crippen LogP contribution in [-0.2, 0) is 14.6 Å². The lowest BCUT2D eigenvalue weighted by Gasteiger charge is -2.04. The molecule has 0 spiro atoms. The fraction of sp³-hybridized carbons (Fsp3) is 0.133. The third-order valence-electron chi connectivity index (χ3n) is 2.80. The maximum Gasteiger partial charge on any atom is 0.248 e. The van der Waals surface area contributed by atoms with Crippen LogP contribution in [-0.4, -0.2) is 20.1 Å². The first-order valence-corrected chi connectivity index (χ1v) is 8.90. The molecule has 0 aliphatic heterocycles. The van der Waals surface area contributed by atoms with Crippen LogP contribution in [0.5, 0.6) is 0 Å². The van der Waals surface area contributed by atoms with Gasteiger partial charge in [-0.15, -0.1) is 11.3 Å². The Morgan fingerprint density at radius 2 is 1.95 bits per heavy atom. The lowest BCUT2D eigenvalue weighted by atomic mass is 10.3. The monoisotopic (exact) mass is 321 g/mol. The molecular weight excluding hydrogens is 306 g/mol. The summed E-state index contributed by atoms with van der Waals surface area (Å²) in [5, 5.41) is 4.62. The van der Waals surface area contributed by atoms with Crippen LogP contribution in [0.25, 0.3) is 6.08 Å². The number of thiophene rings is 1. The Bertz CT molecular complexity index is 730. The molecule has 0 aliphatic carbocycles. The number of sulfone groups is 1. The second-order valence-electron chi connectivity index (χ2n) is 4.27. The molecular formula is C15H15NO3S2. The number of amides is 1. The van der Waals surface area contributed by atoms with E-state index in [-0.39, 0.29) is 16.6 Å². The van der Waals surface area contributed by atoms with E-state index in [9.17, 15) is 13.2 Å². The SMILES string of the molecule is CCS(=O)(=O)c1ccc(NC(=O)/C=C/c2cccs2)cc1. The minimum absolute atomic E-state index is 0.0578. The Labute approximate surface area is 128 Å². The third kappa shape index (κ3) is 4.27. The molecule has 110 valence electrons. The number of carbonyl (C=O) groups excluding carboxylic acids is 1. The van der Waals surface area contributed by atoms with Gasteiger partial charge in [-0.1, -0.05) is 13.0 Å². The van der Waals surface area contributed by atoms with Gasteiger partial charge in [0, 0.05) is 16.6 Å². The smallest absolute Gasteiger partial charge is 0.248 e. The fourth-order valence-corrected chi connectivity index (χ4v) is 3.14. The van der Waals surface area contributed by atoms with E-state index >= 15 is 0 Å². The summed E-state index contributed by atoms with van der Waals surface area (Å²) in [5.41, 5.74) is 0.561. The molecule has 0 saturated heterocycles. The van der Waals surface area contributed by atoms with Gasteiger partial charge in [-0.2, -0.15) is 0 Å². The van der Waals surface area contributed by atoms with Crippen molar-refractivity contribution < 1.29 is 13.2 Å². The summed E-state index contributed by atoms with van der Waals surface area (Å²) in [6.45, 7) is 1.60. The quantitative estimate of drug-likeness (QED) is 0.860. The van der Waals surface area contributed by atoms with Gasteiger partial charge >= 0.3 is 0 Å². The summed E-state index contributed by atoms with van der Waals surface area (Å²) in [5.74, 6) is -0.197. The van der Waals surface area contributed by atoms with Gasteiger partial charge < -0.3 is 5.32 Å². The van der Waals surface area contributed by atoms with Crippen LogP contribution in [0.15, 0.2) is 52.7 Å². The highest BCUT2D eigenvalue weighted by Crippen LogP contribution is 2.15. The number of hydrogen-bond donors (Lipinski definition) is 1. The molecule has 1 aromatic heterocycles. The zero-order valence-corrected chi connectivity index (χ0v) is 13.1. The van der Waals surface area contributed by atoms with Crippen LogP contribution < -0.4 is 5.32 Å². The first kappa shape index (κ1) is 15.5. The minimum atomic E-state index is -3.21. The summed E-state index contributed by atoms with van der Waals surface area (Å²) < 4.78 is 23.3. The largest absolute Gasteiger partial charge is 0.323 e. The highest BCUT2D eigenvalue weighted by atomic mass is 32.2. The second kappa shape index (κ2) is 6.69. The molecule has 21 heavy (non-hydrogen) atoms. The minimum Gasteiger partial charge on any atom is -0.323 e. The van der Waals surface area contributed by atoms with Gasteiger partial charge in [0.2, 0.25) is 5.91 Å². The molecule has 0 unspecified atom stereocenters. The molecule has 6 heteroatoms. The zero-order chi connectivity index (χ0) is 15.3. The molecule has 0 saturated carbocycles. The van der Waals surface area contributed by atoms with Crippen molar-refractivity contribution in [1.29, 1.82) is 0 Å². The molecule has 0 fully saturated rings. The highest BCUT2D eigenvalue weighted by Gasteiger charge is 2.10. The predicted octanol–water partition coefficient (Wildman–Crippen LogP) is 3.19. The van der Waals surface area contributed by atoms with E-state index in [1.165, 1.54) is 18.2 Å². The normalized spacial score (nSPS) is 11.7. The molecule has 0 atom stereocenters. The molecule has 2 aromatic rings. The van der Waals surface area contributed by atoms with Crippen LogP contribution in [0.4, 0.5) is 5.69 Å². The molecule has 4 nitrogen and oxygen atoms in total. The summed E-state index contributed by atoms with van der Waals surface area (Å²) >= 11 is 1.54. The molecule has 0 bridgehead atoms. The van der Waals surface area contributed by atoms with Crippen molar-refractivity contribution in [2.45, 2.75) is 11.8 Å². The number of anilines is 1. The van der Waals surface area contributed by atoms with E-state index in [4.69, 9.17) is 0 Å². The van der Waals surface area contributed by atoms with E-state index in [0.29, 0.717) is 5.69 Å². The number of rotatable bonds is 5. The second-order valence-corrected chi connectivity index (χ2v) is 7.52. The Hall–Kier alpha value is -1.92. The standard InChI is InChI=1S/C15H15NO3S2/c1-2-21(18,19)14-8-5-12(6-9-14)16-15(17)10-7-13-4-3-11-20-13/h3-11H,2H2,1H3,(H,16,17)/b10-7+. The van der Waals surface area contributed by atoms with Crippen LogP contribution in [0.2, 0.25) is 0 Å². The molecule has 2 rings (SSSR count). The number of nitrogens with one attached hydrogen (secondary N) is 1. The van der Waals surface area contributed by atoms with Crippen LogP contribution in [0.3, 0.4) is 0 Å². The van der Waals surface area contributed by atoms with Crippen LogP contribution in [0, 0.1) is 0 Å². The number of carbonyl (C=O) groups is 1. The lowest BCUT2D eigenvalue weighted by Crippen LogP contribution is -2.08. The first-order chi connectivity index (χ1) is 10.0. The molecule has 0 radical (unpaired) electrons. The zero-order valence-electron chi connectivity index (χ0n) is 11.4. The molecule has 1 aromatic carbocycles. The lowest BCUT2D eigenvalue weighted by molar-refractivity contribution is -0.111. The van der Waals surface area contributed by atoms with Crippen molar-refractivity contribution in [2.24, 2.45) is 0 Å².